The third-order valence-corrected chi connectivity index (χ3v) is 2.70. The van der Waals surface area contributed by atoms with Crippen LogP contribution in [0, 0.1) is 15.9 Å². The molecule has 0 heterocycles. The summed E-state index contributed by atoms with van der Waals surface area (Å²) in [6.45, 7) is 1.31. The molecule has 0 spiro atoms. The Bertz CT molecular complexity index is 510. The van der Waals surface area contributed by atoms with E-state index in [1.165, 1.54) is 6.07 Å². The number of rotatable bonds is 8. The van der Waals surface area contributed by atoms with Gasteiger partial charge in [0.05, 0.1) is 18.1 Å². The van der Waals surface area contributed by atoms with Gasteiger partial charge in [0.1, 0.15) is 0 Å². The average molecular weight is 299 g/mol. The van der Waals surface area contributed by atoms with Crippen LogP contribution in [0.3, 0.4) is 0 Å². The number of benzene rings is 1. The Hall–Kier alpha value is -2.06. The first-order valence-corrected chi connectivity index (χ1v) is 6.31. The van der Waals surface area contributed by atoms with Gasteiger partial charge in [-0.1, -0.05) is 6.07 Å². The topological polar surface area (TPSA) is 84.7 Å². The quantitative estimate of drug-likeness (QED) is 0.438. The molecule has 21 heavy (non-hydrogen) atoms. The first-order valence-electron chi connectivity index (χ1n) is 6.31. The minimum Gasteiger partial charge on any atom is -0.383 e. The van der Waals surface area contributed by atoms with Crippen LogP contribution < -0.4 is 5.32 Å². The molecule has 0 atom stereocenters. The van der Waals surface area contributed by atoms with Crippen LogP contribution in [0.15, 0.2) is 18.2 Å². The van der Waals surface area contributed by atoms with Gasteiger partial charge in [-0.2, -0.15) is 4.39 Å². The van der Waals surface area contributed by atoms with Crippen molar-refractivity contribution in [2.75, 3.05) is 33.9 Å². The smallest absolute Gasteiger partial charge is 0.304 e. The Labute approximate surface area is 121 Å². The Kier molecular flexibility index (Phi) is 6.70. The highest BCUT2D eigenvalue weighted by atomic mass is 19.1. The zero-order valence-electron chi connectivity index (χ0n) is 12.0. The van der Waals surface area contributed by atoms with Crippen LogP contribution in [0.5, 0.6) is 0 Å². The van der Waals surface area contributed by atoms with Crippen LogP contribution in [-0.4, -0.2) is 49.6 Å². The summed E-state index contributed by atoms with van der Waals surface area (Å²) in [5.74, 6) is -1.05. The largest absolute Gasteiger partial charge is 0.383 e. The van der Waals surface area contributed by atoms with E-state index in [4.69, 9.17) is 4.74 Å². The van der Waals surface area contributed by atoms with E-state index in [0.29, 0.717) is 25.3 Å². The van der Waals surface area contributed by atoms with Gasteiger partial charge in [0, 0.05) is 26.3 Å². The lowest BCUT2D eigenvalue weighted by atomic mass is 10.2. The van der Waals surface area contributed by atoms with Crippen molar-refractivity contribution < 1.29 is 18.8 Å². The molecule has 116 valence electrons. The Morgan fingerprint density at radius 2 is 2.24 bits per heavy atom. The molecule has 1 aromatic rings. The number of nitrogens with zero attached hydrogens (tertiary/aromatic N) is 2. The van der Waals surface area contributed by atoms with E-state index < -0.39 is 16.4 Å². The molecule has 0 bridgehead atoms. The summed E-state index contributed by atoms with van der Waals surface area (Å²) < 4.78 is 18.3. The van der Waals surface area contributed by atoms with Crippen molar-refractivity contribution >= 4 is 11.6 Å². The summed E-state index contributed by atoms with van der Waals surface area (Å²) >= 11 is 0. The van der Waals surface area contributed by atoms with E-state index in [-0.39, 0.29) is 12.5 Å². The van der Waals surface area contributed by atoms with Crippen LogP contribution in [0.1, 0.15) is 5.56 Å². The number of nitrogens with one attached hydrogen (secondary N) is 1. The number of ether oxygens (including phenoxy) is 1. The van der Waals surface area contributed by atoms with Crippen molar-refractivity contribution in [3.05, 3.63) is 39.7 Å². The van der Waals surface area contributed by atoms with Crippen molar-refractivity contribution in [1.82, 2.24) is 10.2 Å². The van der Waals surface area contributed by atoms with Gasteiger partial charge in [0.2, 0.25) is 11.7 Å². The molecule has 0 aliphatic heterocycles. The normalized spacial score (nSPS) is 10.7. The first-order chi connectivity index (χ1) is 9.93. The number of carbonyl (C=O) groups excluding carboxylic acids is 1. The minimum absolute atomic E-state index is 0.141. The van der Waals surface area contributed by atoms with Gasteiger partial charge < -0.3 is 10.1 Å². The van der Waals surface area contributed by atoms with Crippen molar-refractivity contribution in [3.63, 3.8) is 0 Å². The standard InChI is InChI=1S/C13H18FN3O4/c1-16(9-13(18)15-5-6-21-2)8-10-3-4-12(17(19)20)11(14)7-10/h3-4,7H,5-6,8-9H2,1-2H3,(H,15,18). The molecule has 1 amide bonds. The maximum atomic E-state index is 13.5. The van der Waals surface area contributed by atoms with E-state index in [0.717, 1.165) is 12.1 Å². The number of nitro benzene ring substituents is 1. The Balaban J connectivity index is 2.51. The average Bonchev–Trinajstić information content (AvgIpc) is 2.38. The maximum Gasteiger partial charge on any atom is 0.304 e. The molecule has 7 nitrogen and oxygen atoms in total. The highest BCUT2D eigenvalue weighted by molar-refractivity contribution is 5.77. The number of amides is 1. The monoisotopic (exact) mass is 299 g/mol. The van der Waals surface area contributed by atoms with Gasteiger partial charge in [0.25, 0.3) is 0 Å². The maximum absolute atomic E-state index is 13.5. The number of likely N-dealkylation sites (N-methyl/N-ethyl adjacent to an activating group) is 1. The lowest BCUT2D eigenvalue weighted by molar-refractivity contribution is -0.387. The number of carbonyl (C=O) groups is 1. The predicted octanol–water partition coefficient (Wildman–Crippen LogP) is 0.928. The highest BCUT2D eigenvalue weighted by Crippen LogP contribution is 2.18. The van der Waals surface area contributed by atoms with Gasteiger partial charge in [-0.3, -0.25) is 19.8 Å². The van der Waals surface area contributed by atoms with Gasteiger partial charge in [-0.05, 0) is 18.7 Å². The summed E-state index contributed by atoms with van der Waals surface area (Å²) in [6, 6.07) is 3.70. The second-order valence-corrected chi connectivity index (χ2v) is 4.56. The highest BCUT2D eigenvalue weighted by Gasteiger charge is 2.14. The van der Waals surface area contributed by atoms with Crippen molar-refractivity contribution in [1.29, 1.82) is 0 Å². The number of halogens is 1. The van der Waals surface area contributed by atoms with Crippen LogP contribution in [0.25, 0.3) is 0 Å². The molecule has 0 radical (unpaired) electrons. The third-order valence-electron chi connectivity index (χ3n) is 2.70. The molecule has 0 fully saturated rings. The fraction of sp³-hybridized carbons (Fsp3) is 0.462. The molecule has 1 rings (SSSR count). The van der Waals surface area contributed by atoms with Crippen LogP contribution in [-0.2, 0) is 16.1 Å². The van der Waals surface area contributed by atoms with E-state index in [1.807, 2.05) is 0 Å². The van der Waals surface area contributed by atoms with E-state index >= 15 is 0 Å². The molecule has 8 heteroatoms. The molecular formula is C13H18FN3O4. The second-order valence-electron chi connectivity index (χ2n) is 4.56. The Morgan fingerprint density at radius 1 is 1.52 bits per heavy atom. The second kappa shape index (κ2) is 8.28. The first kappa shape index (κ1) is 17.0. The molecule has 0 aliphatic carbocycles. The molecule has 1 N–H and O–H groups in total. The molecule has 0 saturated heterocycles. The predicted molar refractivity (Wildman–Crippen MR) is 74.3 cm³/mol. The summed E-state index contributed by atoms with van der Waals surface area (Å²) in [6.07, 6.45) is 0. The number of hydrogen-bond donors (Lipinski definition) is 1. The van der Waals surface area contributed by atoms with E-state index in [9.17, 15) is 19.3 Å². The summed E-state index contributed by atoms with van der Waals surface area (Å²) in [5.41, 5.74) is 0.00371. The number of hydrogen-bond acceptors (Lipinski definition) is 5. The van der Waals surface area contributed by atoms with Gasteiger partial charge in [-0.15, -0.1) is 0 Å². The molecule has 1 aromatic carbocycles. The van der Waals surface area contributed by atoms with Crippen LogP contribution in [0.4, 0.5) is 10.1 Å². The lowest BCUT2D eigenvalue weighted by Crippen LogP contribution is -2.36. The molecular weight excluding hydrogens is 281 g/mol. The summed E-state index contributed by atoms with van der Waals surface area (Å²) in [5, 5.41) is 13.2. The third kappa shape index (κ3) is 5.84. The molecule has 0 saturated carbocycles. The zero-order valence-corrected chi connectivity index (χ0v) is 12.0. The minimum atomic E-state index is -0.879. The SMILES string of the molecule is COCCNC(=O)CN(C)Cc1ccc([N+](=O)[O-])c(F)c1. The van der Waals surface area contributed by atoms with Crippen LogP contribution >= 0.6 is 0 Å². The van der Waals surface area contributed by atoms with Gasteiger partial charge in [-0.25, -0.2) is 0 Å². The molecule has 0 unspecified atom stereocenters. The van der Waals surface area contributed by atoms with E-state index in [2.05, 4.69) is 5.32 Å². The van der Waals surface area contributed by atoms with Crippen molar-refractivity contribution in [2.45, 2.75) is 6.54 Å². The van der Waals surface area contributed by atoms with Crippen molar-refractivity contribution in [3.8, 4) is 0 Å². The number of nitro groups is 1. The van der Waals surface area contributed by atoms with Crippen molar-refractivity contribution in [2.24, 2.45) is 0 Å². The van der Waals surface area contributed by atoms with Crippen LogP contribution in [0.2, 0.25) is 0 Å². The fourth-order valence-corrected chi connectivity index (χ4v) is 1.76. The summed E-state index contributed by atoms with van der Waals surface area (Å²) in [7, 11) is 3.25. The molecule has 0 aliphatic rings. The lowest BCUT2D eigenvalue weighted by Gasteiger charge is -2.16. The number of methoxy groups -OCH3 is 1. The molecule has 0 aromatic heterocycles. The summed E-state index contributed by atoms with van der Waals surface area (Å²) in [4.78, 5) is 23.0. The fourth-order valence-electron chi connectivity index (χ4n) is 1.76. The van der Waals surface area contributed by atoms with Gasteiger partial charge >= 0.3 is 5.69 Å². The van der Waals surface area contributed by atoms with Gasteiger partial charge in [0.15, 0.2) is 0 Å². The van der Waals surface area contributed by atoms with E-state index in [1.54, 1.807) is 19.1 Å². The zero-order chi connectivity index (χ0) is 15.8. The Morgan fingerprint density at radius 3 is 2.81 bits per heavy atom.